The minimum atomic E-state index is -4.51. The van der Waals surface area contributed by atoms with Gasteiger partial charge >= 0.3 is 24.3 Å². The predicted octanol–water partition coefficient (Wildman–Crippen LogP) is 8.84. The fourth-order valence-electron chi connectivity index (χ4n) is 3.32. The molecule has 2 aromatic carbocycles. The van der Waals surface area contributed by atoms with Crippen LogP contribution in [-0.2, 0) is 21.8 Å². The molecule has 0 amide bonds. The molecule has 2 aromatic heterocycles. The summed E-state index contributed by atoms with van der Waals surface area (Å²) >= 11 is 1.96. The quantitative estimate of drug-likeness (QED) is 0.114. The molecule has 0 radical (unpaired) electrons. The van der Waals surface area contributed by atoms with Crippen LogP contribution in [0.3, 0.4) is 0 Å². The summed E-state index contributed by atoms with van der Waals surface area (Å²) in [7, 11) is 0. The number of esters is 2. The molecule has 19 heteroatoms. The van der Waals surface area contributed by atoms with Crippen LogP contribution in [0.1, 0.15) is 69.9 Å². The second-order valence-electron chi connectivity index (χ2n) is 8.66. The van der Waals surface area contributed by atoms with Gasteiger partial charge in [0.05, 0.1) is 36.2 Å². The normalized spacial score (nSPS) is 11.4. The third kappa shape index (κ3) is 11.5. The minimum absolute atomic E-state index is 0.00697. The van der Waals surface area contributed by atoms with E-state index >= 15 is 0 Å². The molecule has 0 aliphatic heterocycles. The van der Waals surface area contributed by atoms with Gasteiger partial charge < -0.3 is 9.47 Å². The lowest BCUT2D eigenvalue weighted by atomic mass is 10.2. The van der Waals surface area contributed by atoms with Crippen molar-refractivity contribution in [1.82, 2.24) is 20.0 Å². The van der Waals surface area contributed by atoms with Crippen LogP contribution in [0.2, 0.25) is 0 Å². The number of H-pyrrole nitrogens is 1. The number of halogens is 11. The SMILES string of the molecule is CCOC(=O)c1cn(-c2ccc(C(F)(F)F)cc2)nc1C(F)F.CCOC(=O)c1cn[nH]c1C(F)F.FC(F)(F)c1ccc(I)cc1. The van der Waals surface area contributed by atoms with Crippen LogP contribution >= 0.6 is 22.6 Å². The summed E-state index contributed by atoms with van der Waals surface area (Å²) in [6, 6.07) is 8.74. The third-order valence-corrected chi connectivity index (χ3v) is 6.18. The number of hydrogen-bond acceptors (Lipinski definition) is 6. The van der Waals surface area contributed by atoms with Crippen LogP contribution in [0.5, 0.6) is 0 Å². The molecular formula is C28H23F10IN4O4. The number of nitrogens with zero attached hydrogens (tertiary/aromatic N) is 3. The van der Waals surface area contributed by atoms with Crippen LogP contribution in [0.4, 0.5) is 43.9 Å². The number of aromatic nitrogens is 4. The molecule has 4 rings (SSSR count). The van der Waals surface area contributed by atoms with E-state index in [-0.39, 0.29) is 24.5 Å². The molecule has 0 atom stereocenters. The summed E-state index contributed by atoms with van der Waals surface area (Å²) in [5.41, 5.74) is -3.30. The van der Waals surface area contributed by atoms with Crippen molar-refractivity contribution >= 4 is 34.5 Å². The highest BCUT2D eigenvalue weighted by molar-refractivity contribution is 14.1. The fraction of sp³-hybridized carbons (Fsp3) is 0.286. The Kier molecular flexibility index (Phi) is 14.2. The Morgan fingerprint density at radius 2 is 1.26 bits per heavy atom. The molecule has 0 fully saturated rings. The Morgan fingerprint density at radius 3 is 1.68 bits per heavy atom. The maximum absolute atomic E-state index is 12.9. The summed E-state index contributed by atoms with van der Waals surface area (Å²) in [6.07, 6.45) is -12.5. The monoisotopic (exact) mass is 796 g/mol. The molecule has 0 bridgehead atoms. The molecule has 2 heterocycles. The smallest absolute Gasteiger partial charge is 0.416 e. The van der Waals surface area contributed by atoms with Gasteiger partial charge in [-0.3, -0.25) is 5.10 Å². The largest absolute Gasteiger partial charge is 0.462 e. The zero-order valence-electron chi connectivity index (χ0n) is 24.0. The summed E-state index contributed by atoms with van der Waals surface area (Å²) in [5.74, 6) is -1.76. The van der Waals surface area contributed by atoms with Gasteiger partial charge in [-0.1, -0.05) is 0 Å². The van der Waals surface area contributed by atoms with Crippen molar-refractivity contribution in [3.05, 3.63) is 98.1 Å². The third-order valence-electron chi connectivity index (χ3n) is 5.46. The van der Waals surface area contributed by atoms with Crippen LogP contribution < -0.4 is 0 Å². The summed E-state index contributed by atoms with van der Waals surface area (Å²) in [4.78, 5) is 22.7. The zero-order chi connectivity index (χ0) is 35.5. The van der Waals surface area contributed by atoms with Gasteiger partial charge in [0.2, 0.25) is 0 Å². The number of aromatic amines is 1. The van der Waals surface area contributed by atoms with Gasteiger partial charge in [-0.15, -0.1) is 0 Å². The van der Waals surface area contributed by atoms with E-state index in [0.29, 0.717) is 0 Å². The Labute approximate surface area is 273 Å². The number of nitrogens with one attached hydrogen (secondary N) is 1. The summed E-state index contributed by atoms with van der Waals surface area (Å²) in [6.45, 7) is 3.25. The van der Waals surface area contributed by atoms with Crippen molar-refractivity contribution in [1.29, 1.82) is 0 Å². The van der Waals surface area contributed by atoms with Gasteiger partial charge in [-0.25, -0.2) is 31.8 Å². The van der Waals surface area contributed by atoms with E-state index in [9.17, 15) is 53.5 Å². The van der Waals surface area contributed by atoms with Gasteiger partial charge in [0.1, 0.15) is 22.5 Å². The summed E-state index contributed by atoms with van der Waals surface area (Å²) in [5, 5.41) is 8.94. The van der Waals surface area contributed by atoms with Crippen molar-refractivity contribution in [2.24, 2.45) is 0 Å². The number of carbonyl (C=O) groups excluding carboxylic acids is 2. The van der Waals surface area contributed by atoms with E-state index in [4.69, 9.17) is 0 Å². The van der Waals surface area contributed by atoms with E-state index in [2.05, 4.69) is 19.7 Å². The van der Waals surface area contributed by atoms with Crippen molar-refractivity contribution in [2.75, 3.05) is 13.2 Å². The molecule has 0 aliphatic rings. The van der Waals surface area contributed by atoms with Crippen LogP contribution in [0.25, 0.3) is 5.69 Å². The van der Waals surface area contributed by atoms with Crippen LogP contribution in [0.15, 0.2) is 60.9 Å². The first-order valence-electron chi connectivity index (χ1n) is 12.9. The maximum Gasteiger partial charge on any atom is 0.416 e. The molecule has 47 heavy (non-hydrogen) atoms. The molecule has 0 spiro atoms. The highest BCUT2D eigenvalue weighted by Crippen LogP contribution is 2.31. The number of alkyl halides is 10. The first kappa shape index (κ1) is 39.0. The average Bonchev–Trinajstić information content (AvgIpc) is 3.67. The lowest BCUT2D eigenvalue weighted by Gasteiger charge is -2.07. The molecule has 0 unspecified atom stereocenters. The highest BCUT2D eigenvalue weighted by Gasteiger charge is 2.31. The van der Waals surface area contributed by atoms with Gasteiger partial charge in [-0.05, 0) is 85.0 Å². The zero-order valence-corrected chi connectivity index (χ0v) is 26.1. The lowest BCUT2D eigenvalue weighted by molar-refractivity contribution is -0.138. The standard InChI is InChI=1S/C14H11F5N2O2.C7H4F3I.C7H8F2N2O2/c1-2-23-13(22)10-7-21(20-11(10)12(15)16)9-5-3-8(4-6-9)14(17,18)19;8-7(9,10)5-1-3-6(11)4-2-5;1-2-13-7(12)4-3-10-11-5(4)6(8)9/h3-7,12H,2H2,1H3;1-4H;3,6H,2H2,1H3,(H,10,11). The Morgan fingerprint density at radius 1 is 0.787 bits per heavy atom. The van der Waals surface area contributed by atoms with Crippen molar-refractivity contribution in [2.45, 2.75) is 39.1 Å². The van der Waals surface area contributed by atoms with Crippen LogP contribution in [0, 0.1) is 3.57 Å². The predicted molar refractivity (Wildman–Crippen MR) is 153 cm³/mol. The van der Waals surface area contributed by atoms with Crippen molar-refractivity contribution in [3.8, 4) is 5.69 Å². The number of benzene rings is 2. The van der Waals surface area contributed by atoms with E-state index in [1.807, 2.05) is 27.7 Å². The van der Waals surface area contributed by atoms with E-state index < -0.39 is 65.2 Å². The van der Waals surface area contributed by atoms with Gasteiger partial charge in [0.25, 0.3) is 12.9 Å². The maximum atomic E-state index is 12.9. The van der Waals surface area contributed by atoms with Gasteiger partial charge in [0, 0.05) is 9.77 Å². The molecular weight excluding hydrogens is 773 g/mol. The lowest BCUT2D eigenvalue weighted by Crippen LogP contribution is -2.06. The van der Waals surface area contributed by atoms with Gasteiger partial charge in [-0.2, -0.15) is 36.5 Å². The van der Waals surface area contributed by atoms with E-state index in [0.717, 1.165) is 57.0 Å². The van der Waals surface area contributed by atoms with Crippen molar-refractivity contribution < 1.29 is 63.0 Å². The van der Waals surface area contributed by atoms with Crippen LogP contribution in [-0.4, -0.2) is 45.1 Å². The Bertz CT molecular complexity index is 1590. The first-order chi connectivity index (χ1) is 21.9. The number of hydrogen-bond donors (Lipinski definition) is 1. The molecule has 256 valence electrons. The second kappa shape index (κ2) is 17.1. The second-order valence-corrected chi connectivity index (χ2v) is 9.91. The van der Waals surface area contributed by atoms with E-state index in [1.54, 1.807) is 6.92 Å². The highest BCUT2D eigenvalue weighted by atomic mass is 127. The average molecular weight is 796 g/mol. The molecule has 4 aromatic rings. The molecule has 1 N–H and O–H groups in total. The Hall–Kier alpha value is -4.17. The fourth-order valence-corrected chi connectivity index (χ4v) is 3.68. The summed E-state index contributed by atoms with van der Waals surface area (Å²) < 4.78 is 134. The Balaban J connectivity index is 0.000000270. The molecule has 0 saturated heterocycles. The molecule has 0 saturated carbocycles. The van der Waals surface area contributed by atoms with Gasteiger partial charge in [0.15, 0.2) is 0 Å². The number of ether oxygens (including phenoxy) is 2. The number of carbonyl (C=O) groups is 2. The topological polar surface area (TPSA) is 99.1 Å². The minimum Gasteiger partial charge on any atom is -0.462 e. The number of rotatable bonds is 7. The van der Waals surface area contributed by atoms with Crippen molar-refractivity contribution in [3.63, 3.8) is 0 Å². The molecule has 0 aliphatic carbocycles. The van der Waals surface area contributed by atoms with E-state index in [1.165, 1.54) is 19.1 Å². The first-order valence-corrected chi connectivity index (χ1v) is 14.0. The molecule has 8 nitrogen and oxygen atoms in total.